The molecule has 0 radical (unpaired) electrons. The molecule has 0 fully saturated rings. The van der Waals surface area contributed by atoms with E-state index in [2.05, 4.69) is 55.8 Å². The molecule has 3 aromatic rings. The Labute approximate surface area is 148 Å². The van der Waals surface area contributed by atoms with Gasteiger partial charge in [-0.1, -0.05) is 42.5 Å². The average molecular weight is 336 g/mol. The van der Waals surface area contributed by atoms with Crippen LogP contribution in [0.3, 0.4) is 0 Å². The first-order chi connectivity index (χ1) is 11.8. The van der Waals surface area contributed by atoms with Gasteiger partial charge >= 0.3 is 0 Å². The summed E-state index contributed by atoms with van der Waals surface area (Å²) in [5, 5.41) is 17.2. The van der Waals surface area contributed by atoms with Crippen molar-refractivity contribution in [3.05, 3.63) is 70.9 Å². The van der Waals surface area contributed by atoms with Gasteiger partial charge in [-0.25, -0.2) is 0 Å². The fourth-order valence-electron chi connectivity index (χ4n) is 2.99. The zero-order valence-corrected chi connectivity index (χ0v) is 15.1. The van der Waals surface area contributed by atoms with Crippen molar-refractivity contribution in [2.45, 2.75) is 27.2 Å². The van der Waals surface area contributed by atoms with Crippen molar-refractivity contribution in [2.24, 2.45) is 7.05 Å². The smallest absolute Gasteiger partial charge is 0.300 e. The summed E-state index contributed by atoms with van der Waals surface area (Å²) in [6.07, 6.45) is 0.682. The van der Waals surface area contributed by atoms with E-state index in [0.717, 1.165) is 18.2 Å². The SMILES string of the molecule is CC(=O)O.Cc1ccccc1CC(=N)c1c(C)n(C)c2ccccc12. The molecule has 0 spiro atoms. The number of carbonyl (C=O) groups is 1. The average Bonchev–Trinajstić information content (AvgIpc) is 2.81. The second-order valence-corrected chi connectivity index (χ2v) is 6.14. The number of hydrogen-bond acceptors (Lipinski definition) is 2. The molecule has 0 saturated carbocycles. The van der Waals surface area contributed by atoms with Crippen molar-refractivity contribution in [1.82, 2.24) is 4.57 Å². The highest BCUT2D eigenvalue weighted by Gasteiger charge is 2.16. The zero-order chi connectivity index (χ0) is 18.6. The highest BCUT2D eigenvalue weighted by molar-refractivity contribution is 6.11. The van der Waals surface area contributed by atoms with Crippen LogP contribution in [0, 0.1) is 19.3 Å². The van der Waals surface area contributed by atoms with Crippen LogP contribution in [0.15, 0.2) is 48.5 Å². The zero-order valence-electron chi connectivity index (χ0n) is 15.1. The van der Waals surface area contributed by atoms with E-state index in [1.54, 1.807) is 0 Å². The molecule has 0 aliphatic rings. The molecule has 0 bridgehead atoms. The van der Waals surface area contributed by atoms with Gasteiger partial charge < -0.3 is 15.1 Å². The molecule has 130 valence electrons. The molecule has 0 atom stereocenters. The molecule has 0 aliphatic carbocycles. The Kier molecular flexibility index (Phi) is 5.75. The first-order valence-electron chi connectivity index (χ1n) is 8.18. The standard InChI is InChI=1S/C19H20N2.C2H4O2/c1-13-8-4-5-9-15(13)12-17(20)19-14(2)21(3)18-11-7-6-10-16(18)19;1-2(3)4/h4-11,20H,12H2,1-3H3;1H3,(H,3,4). The number of fused-ring (bicyclic) bond motifs is 1. The molecular weight excluding hydrogens is 312 g/mol. The number of carboxylic acids is 1. The van der Waals surface area contributed by atoms with Gasteiger partial charge in [0.05, 0.1) is 0 Å². The summed E-state index contributed by atoms with van der Waals surface area (Å²) in [5.74, 6) is -0.833. The first kappa shape index (κ1) is 18.5. The lowest BCUT2D eigenvalue weighted by Gasteiger charge is -2.08. The van der Waals surface area contributed by atoms with Gasteiger partial charge in [0.1, 0.15) is 0 Å². The number of benzene rings is 2. The van der Waals surface area contributed by atoms with Crippen LogP contribution in [0.5, 0.6) is 0 Å². The Morgan fingerprint density at radius 2 is 1.64 bits per heavy atom. The van der Waals surface area contributed by atoms with Gasteiger partial charge in [0.25, 0.3) is 5.97 Å². The van der Waals surface area contributed by atoms with Crippen molar-refractivity contribution in [2.75, 3.05) is 0 Å². The van der Waals surface area contributed by atoms with E-state index < -0.39 is 5.97 Å². The van der Waals surface area contributed by atoms with Gasteiger partial charge in [-0.3, -0.25) is 4.79 Å². The first-order valence-corrected chi connectivity index (χ1v) is 8.18. The minimum absolute atomic E-state index is 0.682. The molecule has 4 heteroatoms. The summed E-state index contributed by atoms with van der Waals surface area (Å²) in [5.41, 5.74) is 6.61. The molecule has 0 amide bonds. The van der Waals surface area contributed by atoms with E-state index in [1.165, 1.54) is 22.0 Å². The second-order valence-electron chi connectivity index (χ2n) is 6.14. The normalized spacial score (nSPS) is 10.2. The summed E-state index contributed by atoms with van der Waals surface area (Å²) in [6, 6.07) is 16.7. The number of carboxylic acid groups (broad SMARTS) is 1. The maximum absolute atomic E-state index is 9.00. The van der Waals surface area contributed by atoms with Crippen molar-refractivity contribution >= 4 is 22.6 Å². The molecule has 1 aromatic heterocycles. The van der Waals surface area contributed by atoms with Crippen molar-refractivity contribution < 1.29 is 9.90 Å². The lowest BCUT2D eigenvalue weighted by atomic mass is 9.97. The van der Waals surface area contributed by atoms with Gasteiger partial charge in [-0.2, -0.15) is 0 Å². The van der Waals surface area contributed by atoms with E-state index in [0.29, 0.717) is 12.1 Å². The Hall–Kier alpha value is -2.88. The van der Waals surface area contributed by atoms with E-state index in [1.807, 2.05) is 18.2 Å². The van der Waals surface area contributed by atoms with Crippen LogP contribution < -0.4 is 0 Å². The van der Waals surface area contributed by atoms with E-state index in [-0.39, 0.29) is 0 Å². The van der Waals surface area contributed by atoms with Crippen LogP contribution in [0.4, 0.5) is 0 Å². The molecule has 25 heavy (non-hydrogen) atoms. The van der Waals surface area contributed by atoms with Crippen LogP contribution in [-0.4, -0.2) is 21.4 Å². The number of nitrogens with one attached hydrogen (secondary N) is 1. The third-order valence-corrected chi connectivity index (χ3v) is 4.33. The second kappa shape index (κ2) is 7.79. The van der Waals surface area contributed by atoms with E-state index in [4.69, 9.17) is 15.3 Å². The van der Waals surface area contributed by atoms with Gasteiger partial charge in [0, 0.05) is 48.3 Å². The van der Waals surface area contributed by atoms with E-state index >= 15 is 0 Å². The minimum atomic E-state index is -0.833. The van der Waals surface area contributed by atoms with Crippen LogP contribution in [0.2, 0.25) is 0 Å². The fraction of sp³-hybridized carbons (Fsp3) is 0.238. The van der Waals surface area contributed by atoms with Crippen molar-refractivity contribution in [1.29, 1.82) is 5.41 Å². The minimum Gasteiger partial charge on any atom is -0.481 e. The van der Waals surface area contributed by atoms with Gasteiger partial charge in [-0.05, 0) is 31.0 Å². The molecule has 3 rings (SSSR count). The lowest BCUT2D eigenvalue weighted by molar-refractivity contribution is -0.134. The summed E-state index contributed by atoms with van der Waals surface area (Å²) in [4.78, 5) is 9.00. The molecule has 1 heterocycles. The molecular formula is C21H24N2O2. The van der Waals surface area contributed by atoms with Crippen LogP contribution in [0.1, 0.15) is 29.3 Å². The highest BCUT2D eigenvalue weighted by atomic mass is 16.4. The predicted octanol–water partition coefficient (Wildman–Crippen LogP) is 4.50. The Morgan fingerprint density at radius 1 is 1.08 bits per heavy atom. The van der Waals surface area contributed by atoms with Crippen molar-refractivity contribution in [3.8, 4) is 0 Å². The predicted molar refractivity (Wildman–Crippen MR) is 103 cm³/mol. The number of rotatable bonds is 3. The van der Waals surface area contributed by atoms with Crippen LogP contribution >= 0.6 is 0 Å². The number of aromatic nitrogens is 1. The quantitative estimate of drug-likeness (QED) is 0.692. The highest BCUT2D eigenvalue weighted by Crippen LogP contribution is 2.26. The molecule has 0 saturated heterocycles. The summed E-state index contributed by atoms with van der Waals surface area (Å²) in [6.45, 7) is 5.29. The lowest BCUT2D eigenvalue weighted by Crippen LogP contribution is -2.06. The number of aryl methyl sites for hydroxylation is 2. The molecule has 0 aliphatic heterocycles. The molecule has 0 unspecified atom stereocenters. The number of hydrogen-bond donors (Lipinski definition) is 2. The number of para-hydroxylation sites is 1. The third kappa shape index (κ3) is 4.15. The maximum atomic E-state index is 9.00. The van der Waals surface area contributed by atoms with Crippen LogP contribution in [-0.2, 0) is 18.3 Å². The molecule has 2 aromatic carbocycles. The third-order valence-electron chi connectivity index (χ3n) is 4.33. The summed E-state index contributed by atoms with van der Waals surface area (Å²) >= 11 is 0. The Morgan fingerprint density at radius 3 is 2.28 bits per heavy atom. The molecule has 2 N–H and O–H groups in total. The number of aliphatic carboxylic acids is 1. The number of nitrogens with zero attached hydrogens (tertiary/aromatic N) is 1. The summed E-state index contributed by atoms with van der Waals surface area (Å²) in [7, 11) is 2.07. The van der Waals surface area contributed by atoms with Crippen LogP contribution in [0.25, 0.3) is 10.9 Å². The Balaban J connectivity index is 0.000000511. The van der Waals surface area contributed by atoms with Gasteiger partial charge in [0.2, 0.25) is 0 Å². The Bertz CT molecular complexity index is 919. The van der Waals surface area contributed by atoms with E-state index in [9.17, 15) is 0 Å². The maximum Gasteiger partial charge on any atom is 0.300 e. The van der Waals surface area contributed by atoms with Gasteiger partial charge in [-0.15, -0.1) is 0 Å². The fourth-order valence-corrected chi connectivity index (χ4v) is 2.99. The van der Waals surface area contributed by atoms with Gasteiger partial charge in [0.15, 0.2) is 0 Å². The molecule has 4 nitrogen and oxygen atoms in total. The summed E-state index contributed by atoms with van der Waals surface area (Å²) < 4.78 is 2.18. The monoisotopic (exact) mass is 336 g/mol. The largest absolute Gasteiger partial charge is 0.481 e. The topological polar surface area (TPSA) is 66.1 Å². The van der Waals surface area contributed by atoms with Crippen molar-refractivity contribution in [3.63, 3.8) is 0 Å².